The molecule has 11 nitrogen and oxygen atoms in total. The van der Waals surface area contributed by atoms with Crippen molar-refractivity contribution in [3.8, 4) is 5.75 Å². The summed E-state index contributed by atoms with van der Waals surface area (Å²) in [6.45, 7) is 5.02. The van der Waals surface area contributed by atoms with Gasteiger partial charge in [0.05, 0.1) is 6.54 Å². The van der Waals surface area contributed by atoms with Gasteiger partial charge in [0.2, 0.25) is 11.8 Å². The van der Waals surface area contributed by atoms with E-state index in [4.69, 9.17) is 9.47 Å². The molecule has 3 aromatic carbocycles. The molecule has 3 amide bonds. The van der Waals surface area contributed by atoms with Crippen LogP contribution in [0.2, 0.25) is 0 Å². The maximum absolute atomic E-state index is 13.2. The van der Waals surface area contributed by atoms with Gasteiger partial charge in [0.1, 0.15) is 30.0 Å². The lowest BCUT2D eigenvalue weighted by atomic mass is 10.0. The zero-order valence-electron chi connectivity index (χ0n) is 25.5. The summed E-state index contributed by atoms with van der Waals surface area (Å²) in [5, 5.41) is 18.2. The van der Waals surface area contributed by atoms with E-state index in [2.05, 4.69) is 20.9 Å². The van der Waals surface area contributed by atoms with E-state index < -0.39 is 48.1 Å². The first-order chi connectivity index (χ1) is 21.5. The van der Waals surface area contributed by atoms with Crippen LogP contribution in [0.5, 0.6) is 5.75 Å². The van der Waals surface area contributed by atoms with Gasteiger partial charge in [-0.3, -0.25) is 9.59 Å². The van der Waals surface area contributed by atoms with Crippen LogP contribution in [-0.4, -0.2) is 58.2 Å². The second-order valence-corrected chi connectivity index (χ2v) is 11.6. The van der Waals surface area contributed by atoms with Gasteiger partial charge in [-0.15, -0.1) is 0 Å². The lowest BCUT2D eigenvalue weighted by molar-refractivity contribution is -0.141. The highest BCUT2D eigenvalue weighted by atomic mass is 16.6. The molecule has 45 heavy (non-hydrogen) atoms. The summed E-state index contributed by atoms with van der Waals surface area (Å²) in [5.74, 6) is -1.89. The van der Waals surface area contributed by atoms with Gasteiger partial charge in [-0.25, -0.2) is 9.59 Å². The normalized spacial score (nSPS) is 12.5. The monoisotopic (exact) mass is 614 g/mol. The van der Waals surface area contributed by atoms with E-state index in [1.807, 2.05) is 54.6 Å². The average Bonchev–Trinajstić information content (AvgIpc) is 3.41. The molecule has 0 fully saturated rings. The number of benzene rings is 3. The highest BCUT2D eigenvalue weighted by Crippen LogP contribution is 2.19. The Bertz CT molecular complexity index is 1610. The third-order valence-corrected chi connectivity index (χ3v) is 6.77. The number of nitrogens with one attached hydrogen (secondary N) is 4. The molecule has 0 saturated heterocycles. The molecule has 0 unspecified atom stereocenters. The number of para-hydroxylation sites is 1. The number of aromatic nitrogens is 1. The molecule has 11 heteroatoms. The van der Waals surface area contributed by atoms with E-state index in [1.165, 1.54) is 0 Å². The fourth-order valence-corrected chi connectivity index (χ4v) is 4.61. The third kappa shape index (κ3) is 10.1. The molecule has 4 aromatic rings. The van der Waals surface area contributed by atoms with Crippen LogP contribution >= 0.6 is 0 Å². The van der Waals surface area contributed by atoms with Crippen molar-refractivity contribution in [2.45, 2.75) is 57.9 Å². The number of carboxylic acid groups (broad SMARTS) is 1. The molecule has 4 rings (SSSR count). The summed E-state index contributed by atoms with van der Waals surface area (Å²) in [5.41, 5.74) is 2.55. The fraction of sp³-hybridized carbons (Fsp3) is 0.294. The molecule has 0 saturated carbocycles. The summed E-state index contributed by atoms with van der Waals surface area (Å²) in [6.07, 6.45) is 1.07. The maximum atomic E-state index is 13.2. The number of carbonyl (C=O) groups is 4. The molecule has 0 radical (unpaired) electrons. The lowest BCUT2D eigenvalue weighted by Gasteiger charge is -2.23. The Labute approximate surface area is 261 Å². The molecule has 0 aliphatic carbocycles. The molecule has 236 valence electrons. The standard InChI is InChI=1S/C34H38N4O7/c1-34(2,3)45-33(43)38-28(17-22-13-15-25(16-14-22)44-21-23-9-5-4-6-10-23)31(40)36-20-30(39)37-29(32(41)42)18-24-19-35-27-12-8-7-11-26(24)27/h4-16,19,28-29,35H,17-18,20-21H2,1-3H3,(H,36,40)(H,37,39)(H,38,43)(H,41,42)/t28-,29-/m0/s1. The molecule has 0 spiro atoms. The summed E-state index contributed by atoms with van der Waals surface area (Å²) < 4.78 is 11.2. The summed E-state index contributed by atoms with van der Waals surface area (Å²) in [4.78, 5) is 53.5. The number of hydrogen-bond acceptors (Lipinski definition) is 6. The topological polar surface area (TPSA) is 159 Å². The highest BCUT2D eigenvalue weighted by Gasteiger charge is 2.26. The molecule has 1 aromatic heterocycles. The maximum Gasteiger partial charge on any atom is 0.408 e. The molecule has 0 bridgehead atoms. The van der Waals surface area contributed by atoms with Crippen molar-refractivity contribution in [2.24, 2.45) is 0 Å². The van der Waals surface area contributed by atoms with Crippen LogP contribution in [0.15, 0.2) is 85.1 Å². The molecule has 1 heterocycles. The number of hydrogen-bond donors (Lipinski definition) is 5. The van der Waals surface area contributed by atoms with Crippen LogP contribution < -0.4 is 20.7 Å². The predicted octanol–water partition coefficient (Wildman–Crippen LogP) is 4.11. The quantitative estimate of drug-likeness (QED) is 0.152. The van der Waals surface area contributed by atoms with Gasteiger partial charge >= 0.3 is 12.1 Å². The Morgan fingerprint density at radius 3 is 2.20 bits per heavy atom. The second kappa shape index (κ2) is 14.9. The van der Waals surface area contributed by atoms with Crippen LogP contribution in [0, 0.1) is 0 Å². The Hall–Kier alpha value is -5.32. The number of carboxylic acids is 1. The predicted molar refractivity (Wildman–Crippen MR) is 169 cm³/mol. The molecule has 2 atom stereocenters. The number of H-pyrrole nitrogens is 1. The fourth-order valence-electron chi connectivity index (χ4n) is 4.61. The lowest BCUT2D eigenvalue weighted by Crippen LogP contribution is -2.52. The largest absolute Gasteiger partial charge is 0.489 e. The van der Waals surface area contributed by atoms with Gasteiger partial charge in [0.15, 0.2) is 0 Å². The summed E-state index contributed by atoms with van der Waals surface area (Å²) in [7, 11) is 0. The Kier molecular flexibility index (Phi) is 10.8. The SMILES string of the molecule is CC(C)(C)OC(=O)N[C@@H](Cc1ccc(OCc2ccccc2)cc1)C(=O)NCC(=O)N[C@@H](Cc1c[nH]c2ccccc12)C(=O)O. The van der Waals surface area contributed by atoms with E-state index in [1.54, 1.807) is 51.2 Å². The van der Waals surface area contributed by atoms with Crippen molar-refractivity contribution in [1.82, 2.24) is 20.9 Å². The van der Waals surface area contributed by atoms with Gasteiger partial charge in [0, 0.05) is 29.9 Å². The molecule has 5 N–H and O–H groups in total. The smallest absolute Gasteiger partial charge is 0.408 e. The van der Waals surface area contributed by atoms with Crippen molar-refractivity contribution < 1.29 is 33.8 Å². The van der Waals surface area contributed by atoms with Crippen molar-refractivity contribution in [1.29, 1.82) is 0 Å². The van der Waals surface area contributed by atoms with Crippen molar-refractivity contribution >= 4 is 34.8 Å². The number of aliphatic carboxylic acids is 1. The van der Waals surface area contributed by atoms with E-state index in [9.17, 15) is 24.3 Å². The van der Waals surface area contributed by atoms with Gasteiger partial charge in [-0.1, -0.05) is 60.7 Å². The number of rotatable bonds is 13. The minimum absolute atomic E-state index is 0.0485. The van der Waals surface area contributed by atoms with Crippen molar-refractivity contribution in [3.63, 3.8) is 0 Å². The van der Waals surface area contributed by atoms with Gasteiger partial charge in [-0.2, -0.15) is 0 Å². The van der Waals surface area contributed by atoms with E-state index in [0.29, 0.717) is 12.4 Å². The van der Waals surface area contributed by atoms with Crippen molar-refractivity contribution in [3.05, 3.63) is 102 Å². The highest BCUT2D eigenvalue weighted by molar-refractivity contribution is 5.91. The zero-order valence-corrected chi connectivity index (χ0v) is 25.5. The first kappa shape index (κ1) is 32.6. The van der Waals surface area contributed by atoms with E-state index >= 15 is 0 Å². The van der Waals surface area contributed by atoms with Gasteiger partial charge < -0.3 is 35.5 Å². The van der Waals surface area contributed by atoms with Crippen LogP contribution in [0.3, 0.4) is 0 Å². The van der Waals surface area contributed by atoms with Crippen molar-refractivity contribution in [2.75, 3.05) is 6.54 Å². The number of alkyl carbamates (subject to hydrolysis) is 1. The summed E-state index contributed by atoms with van der Waals surface area (Å²) in [6, 6.07) is 22.0. The van der Waals surface area contributed by atoms with Crippen LogP contribution in [0.4, 0.5) is 4.79 Å². The molecule has 0 aliphatic rings. The zero-order chi connectivity index (χ0) is 32.4. The second-order valence-electron chi connectivity index (χ2n) is 11.6. The number of aromatic amines is 1. The first-order valence-corrected chi connectivity index (χ1v) is 14.6. The van der Waals surface area contributed by atoms with Crippen LogP contribution in [0.25, 0.3) is 10.9 Å². The molecule has 0 aliphatic heterocycles. The number of carbonyl (C=O) groups excluding carboxylic acids is 3. The van der Waals surface area contributed by atoms with E-state index in [-0.39, 0.29) is 12.8 Å². The minimum atomic E-state index is -1.22. The van der Waals surface area contributed by atoms with E-state index in [0.717, 1.165) is 27.6 Å². The Morgan fingerprint density at radius 2 is 1.51 bits per heavy atom. The van der Waals surface area contributed by atoms with Gasteiger partial charge in [-0.05, 0) is 55.7 Å². The van der Waals surface area contributed by atoms with Gasteiger partial charge in [0.25, 0.3) is 0 Å². The number of ether oxygens (including phenoxy) is 2. The average molecular weight is 615 g/mol. The van der Waals surface area contributed by atoms with Crippen LogP contribution in [-0.2, 0) is 38.6 Å². The number of amides is 3. The van der Waals surface area contributed by atoms with Crippen LogP contribution in [0.1, 0.15) is 37.5 Å². The molecular formula is C34H38N4O7. The molecular weight excluding hydrogens is 576 g/mol. The Morgan fingerprint density at radius 1 is 0.822 bits per heavy atom. The Balaban J connectivity index is 1.36. The summed E-state index contributed by atoms with van der Waals surface area (Å²) >= 11 is 0. The number of fused-ring (bicyclic) bond motifs is 1. The first-order valence-electron chi connectivity index (χ1n) is 14.6. The third-order valence-electron chi connectivity index (χ3n) is 6.77. The minimum Gasteiger partial charge on any atom is -0.489 e.